The molecule has 1 heterocycles. The van der Waals surface area contributed by atoms with Crippen molar-refractivity contribution in [1.82, 2.24) is 9.97 Å². The molecule has 0 aromatic carbocycles. The zero-order valence-corrected chi connectivity index (χ0v) is 9.82. The number of nitrogens with two attached hydrogens (primary N) is 1. The van der Waals surface area contributed by atoms with Crippen molar-refractivity contribution >= 4 is 5.82 Å². The number of rotatable bonds is 3. The maximum Gasteiger partial charge on any atom is 0.129 e. The standard InChI is InChI=1S/C12H20N4/c1-2-10-7-12(15-8-14-10)16-11-5-3-9(13)4-6-11/h7-9,11H,2-6,13H2,1H3,(H,14,15,16). The molecule has 4 heteroatoms. The van der Waals surface area contributed by atoms with Crippen molar-refractivity contribution in [3.63, 3.8) is 0 Å². The molecule has 0 unspecified atom stereocenters. The summed E-state index contributed by atoms with van der Waals surface area (Å²) in [4.78, 5) is 8.44. The van der Waals surface area contributed by atoms with Crippen molar-refractivity contribution < 1.29 is 0 Å². The summed E-state index contributed by atoms with van der Waals surface area (Å²) in [6, 6.07) is 2.96. The second-order valence-corrected chi connectivity index (χ2v) is 4.50. The van der Waals surface area contributed by atoms with E-state index in [9.17, 15) is 0 Å². The van der Waals surface area contributed by atoms with Crippen molar-refractivity contribution in [3.05, 3.63) is 18.1 Å². The molecule has 1 aliphatic rings. The molecule has 0 aliphatic heterocycles. The molecule has 1 saturated carbocycles. The fourth-order valence-electron chi connectivity index (χ4n) is 2.14. The molecule has 0 atom stereocenters. The largest absolute Gasteiger partial charge is 0.367 e. The summed E-state index contributed by atoms with van der Waals surface area (Å²) in [5.74, 6) is 0.951. The van der Waals surface area contributed by atoms with Crippen molar-refractivity contribution in [1.29, 1.82) is 0 Å². The molecular weight excluding hydrogens is 200 g/mol. The van der Waals surface area contributed by atoms with Crippen LogP contribution in [0.1, 0.15) is 38.3 Å². The molecule has 1 aromatic heterocycles. The highest BCUT2D eigenvalue weighted by molar-refractivity contribution is 5.36. The van der Waals surface area contributed by atoms with Crippen molar-refractivity contribution in [3.8, 4) is 0 Å². The first kappa shape index (κ1) is 11.3. The van der Waals surface area contributed by atoms with Gasteiger partial charge < -0.3 is 11.1 Å². The highest BCUT2D eigenvalue weighted by Crippen LogP contribution is 2.20. The van der Waals surface area contributed by atoms with Gasteiger partial charge in [0.1, 0.15) is 12.1 Å². The van der Waals surface area contributed by atoms with Crippen LogP contribution in [0.25, 0.3) is 0 Å². The maximum absolute atomic E-state index is 5.88. The summed E-state index contributed by atoms with van der Waals surface area (Å²) in [6.45, 7) is 2.10. The second-order valence-electron chi connectivity index (χ2n) is 4.50. The molecule has 1 aromatic rings. The van der Waals surface area contributed by atoms with Gasteiger partial charge in [0.2, 0.25) is 0 Å². The Morgan fingerprint density at radius 2 is 2.06 bits per heavy atom. The Kier molecular flexibility index (Phi) is 3.72. The minimum Gasteiger partial charge on any atom is -0.367 e. The molecule has 0 bridgehead atoms. The third kappa shape index (κ3) is 2.92. The van der Waals surface area contributed by atoms with Crippen LogP contribution >= 0.6 is 0 Å². The third-order valence-electron chi connectivity index (χ3n) is 3.21. The molecule has 0 spiro atoms. The smallest absolute Gasteiger partial charge is 0.129 e. The monoisotopic (exact) mass is 220 g/mol. The van der Waals surface area contributed by atoms with E-state index in [1.807, 2.05) is 6.07 Å². The number of aromatic nitrogens is 2. The Labute approximate surface area is 96.7 Å². The van der Waals surface area contributed by atoms with E-state index in [0.29, 0.717) is 12.1 Å². The Morgan fingerprint density at radius 1 is 1.31 bits per heavy atom. The number of aryl methyl sites for hydroxylation is 1. The van der Waals surface area contributed by atoms with Gasteiger partial charge in [-0.2, -0.15) is 0 Å². The molecule has 4 nitrogen and oxygen atoms in total. The summed E-state index contributed by atoms with van der Waals surface area (Å²) in [5, 5.41) is 3.47. The van der Waals surface area contributed by atoms with Crippen molar-refractivity contribution in [2.75, 3.05) is 5.32 Å². The predicted octanol–water partition coefficient (Wildman–Crippen LogP) is 1.72. The second kappa shape index (κ2) is 5.25. The van der Waals surface area contributed by atoms with Crippen LogP contribution in [-0.2, 0) is 6.42 Å². The maximum atomic E-state index is 5.88. The van der Waals surface area contributed by atoms with E-state index >= 15 is 0 Å². The van der Waals surface area contributed by atoms with E-state index in [2.05, 4.69) is 22.2 Å². The minimum atomic E-state index is 0.398. The normalized spacial score (nSPS) is 25.4. The van der Waals surface area contributed by atoms with Crippen LogP contribution < -0.4 is 11.1 Å². The lowest BCUT2D eigenvalue weighted by atomic mass is 9.92. The van der Waals surface area contributed by atoms with Crippen LogP contribution in [0.15, 0.2) is 12.4 Å². The van der Waals surface area contributed by atoms with Crippen LogP contribution in [0.4, 0.5) is 5.82 Å². The van der Waals surface area contributed by atoms with Crippen molar-refractivity contribution in [2.45, 2.75) is 51.1 Å². The highest BCUT2D eigenvalue weighted by atomic mass is 15.0. The average Bonchev–Trinajstić information content (AvgIpc) is 2.32. The Balaban J connectivity index is 1.93. The van der Waals surface area contributed by atoms with E-state index in [4.69, 9.17) is 5.73 Å². The van der Waals surface area contributed by atoms with Crippen LogP contribution in [0.2, 0.25) is 0 Å². The molecule has 88 valence electrons. The summed E-state index contributed by atoms with van der Waals surface area (Å²) in [5.41, 5.74) is 6.97. The zero-order valence-electron chi connectivity index (χ0n) is 9.82. The summed E-state index contributed by atoms with van der Waals surface area (Å²) in [6.07, 6.45) is 7.11. The summed E-state index contributed by atoms with van der Waals surface area (Å²) in [7, 11) is 0. The number of hydrogen-bond acceptors (Lipinski definition) is 4. The first-order valence-corrected chi connectivity index (χ1v) is 6.11. The van der Waals surface area contributed by atoms with E-state index in [1.54, 1.807) is 6.33 Å². The van der Waals surface area contributed by atoms with Gasteiger partial charge in [0.25, 0.3) is 0 Å². The van der Waals surface area contributed by atoms with Gasteiger partial charge in [0, 0.05) is 23.8 Å². The molecule has 1 fully saturated rings. The number of anilines is 1. The average molecular weight is 220 g/mol. The van der Waals surface area contributed by atoms with Gasteiger partial charge in [-0.1, -0.05) is 6.92 Å². The minimum absolute atomic E-state index is 0.398. The van der Waals surface area contributed by atoms with E-state index in [1.165, 1.54) is 0 Å². The molecule has 1 aliphatic carbocycles. The molecular formula is C12H20N4. The first-order chi connectivity index (χ1) is 7.78. The summed E-state index contributed by atoms with van der Waals surface area (Å²) >= 11 is 0. The number of hydrogen-bond donors (Lipinski definition) is 2. The van der Waals surface area contributed by atoms with E-state index < -0.39 is 0 Å². The van der Waals surface area contributed by atoms with Gasteiger partial charge in [-0.25, -0.2) is 9.97 Å². The highest BCUT2D eigenvalue weighted by Gasteiger charge is 2.18. The zero-order chi connectivity index (χ0) is 11.4. The molecule has 0 saturated heterocycles. The van der Waals surface area contributed by atoms with Gasteiger partial charge in [-0.3, -0.25) is 0 Å². The van der Waals surface area contributed by atoms with E-state index in [0.717, 1.165) is 43.6 Å². The predicted molar refractivity (Wildman–Crippen MR) is 65.3 cm³/mol. The Morgan fingerprint density at radius 3 is 2.75 bits per heavy atom. The quantitative estimate of drug-likeness (QED) is 0.814. The number of nitrogens with zero attached hydrogens (tertiary/aromatic N) is 2. The van der Waals surface area contributed by atoms with Crippen LogP contribution in [0, 0.1) is 0 Å². The molecule has 0 radical (unpaired) electrons. The first-order valence-electron chi connectivity index (χ1n) is 6.11. The van der Waals surface area contributed by atoms with Gasteiger partial charge in [0.05, 0.1) is 0 Å². The topological polar surface area (TPSA) is 63.8 Å². The lowest BCUT2D eigenvalue weighted by Gasteiger charge is -2.27. The van der Waals surface area contributed by atoms with Gasteiger partial charge in [0.15, 0.2) is 0 Å². The fraction of sp³-hybridized carbons (Fsp3) is 0.667. The van der Waals surface area contributed by atoms with Gasteiger partial charge >= 0.3 is 0 Å². The lowest BCUT2D eigenvalue weighted by molar-refractivity contribution is 0.410. The van der Waals surface area contributed by atoms with Gasteiger partial charge in [-0.05, 0) is 32.1 Å². The molecule has 0 amide bonds. The van der Waals surface area contributed by atoms with Gasteiger partial charge in [-0.15, -0.1) is 0 Å². The van der Waals surface area contributed by atoms with Crippen LogP contribution in [0.3, 0.4) is 0 Å². The third-order valence-corrected chi connectivity index (χ3v) is 3.21. The summed E-state index contributed by atoms with van der Waals surface area (Å²) < 4.78 is 0. The van der Waals surface area contributed by atoms with Crippen LogP contribution in [-0.4, -0.2) is 22.1 Å². The SMILES string of the molecule is CCc1cc(NC2CCC(N)CC2)ncn1. The lowest BCUT2D eigenvalue weighted by Crippen LogP contribution is -2.33. The molecule has 3 N–H and O–H groups in total. The fourth-order valence-corrected chi connectivity index (χ4v) is 2.14. The molecule has 16 heavy (non-hydrogen) atoms. The molecule has 2 rings (SSSR count). The van der Waals surface area contributed by atoms with E-state index in [-0.39, 0.29) is 0 Å². The van der Waals surface area contributed by atoms with Crippen molar-refractivity contribution in [2.24, 2.45) is 5.73 Å². The van der Waals surface area contributed by atoms with Crippen LogP contribution in [0.5, 0.6) is 0 Å². The Bertz CT molecular complexity index is 332. The Hall–Kier alpha value is -1.16. The number of nitrogens with one attached hydrogen (secondary N) is 1.